The lowest BCUT2D eigenvalue weighted by Gasteiger charge is -2.19. The number of hydrogen-bond acceptors (Lipinski definition) is 4. The summed E-state index contributed by atoms with van der Waals surface area (Å²) < 4.78 is 52.1. The number of aliphatic carboxylic acids is 1. The van der Waals surface area contributed by atoms with Crippen molar-refractivity contribution in [1.82, 2.24) is 4.90 Å². The molecule has 1 saturated heterocycles. The minimum atomic E-state index is -3.72. The van der Waals surface area contributed by atoms with Gasteiger partial charge in [0.1, 0.15) is 5.82 Å². The molecule has 1 atom stereocenters. The Morgan fingerprint density at radius 1 is 1.39 bits per heavy atom. The molecule has 0 bridgehead atoms. The van der Waals surface area contributed by atoms with Crippen molar-refractivity contribution >= 4 is 27.6 Å². The Bertz CT molecular complexity index is 768. The van der Waals surface area contributed by atoms with E-state index in [1.165, 1.54) is 0 Å². The van der Waals surface area contributed by atoms with E-state index >= 15 is 0 Å². The predicted molar refractivity (Wildman–Crippen MR) is 76.9 cm³/mol. The lowest BCUT2D eigenvalue weighted by atomic mass is 10.1. The van der Waals surface area contributed by atoms with E-state index in [0.717, 1.165) is 29.4 Å². The number of nitrogens with one attached hydrogen (secondary N) is 1. The standard InChI is InChI=1S/C13H14F2N2O5S/c1-23(21,22)16-10-3-2-8(14)6-9(10)11(18)17-5-4-13(15,7-17)12(19)20/h2-3,6,16H,4-5,7H2,1H3,(H,19,20). The van der Waals surface area contributed by atoms with Gasteiger partial charge in [0, 0.05) is 13.0 Å². The third-order valence-corrected chi connectivity index (χ3v) is 3.99. The second-order valence-corrected chi connectivity index (χ2v) is 7.06. The molecule has 23 heavy (non-hydrogen) atoms. The fourth-order valence-corrected chi connectivity index (χ4v) is 2.85. The van der Waals surface area contributed by atoms with Crippen LogP contribution in [0.1, 0.15) is 16.8 Å². The Labute approximate surface area is 130 Å². The van der Waals surface area contributed by atoms with Gasteiger partial charge in [-0.2, -0.15) is 0 Å². The molecule has 2 N–H and O–H groups in total. The average molecular weight is 348 g/mol. The van der Waals surface area contributed by atoms with Gasteiger partial charge in [0.2, 0.25) is 15.7 Å². The fraction of sp³-hybridized carbons (Fsp3) is 0.385. The summed E-state index contributed by atoms with van der Waals surface area (Å²) in [7, 11) is -3.72. The van der Waals surface area contributed by atoms with E-state index in [9.17, 15) is 26.8 Å². The summed E-state index contributed by atoms with van der Waals surface area (Å²) in [4.78, 5) is 24.2. The number of anilines is 1. The molecule has 0 aromatic heterocycles. The van der Waals surface area contributed by atoms with Gasteiger partial charge in [-0.15, -0.1) is 0 Å². The fourth-order valence-electron chi connectivity index (χ4n) is 2.27. The maximum atomic E-state index is 14.0. The van der Waals surface area contributed by atoms with Gasteiger partial charge in [0.05, 0.1) is 24.1 Å². The number of carbonyl (C=O) groups excluding carboxylic acids is 1. The summed E-state index contributed by atoms with van der Waals surface area (Å²) in [5.41, 5.74) is -3.04. The number of nitrogens with zero attached hydrogens (tertiary/aromatic N) is 1. The maximum Gasteiger partial charge on any atom is 0.343 e. The van der Waals surface area contributed by atoms with Crippen LogP contribution in [0.4, 0.5) is 14.5 Å². The SMILES string of the molecule is CS(=O)(=O)Nc1ccc(F)cc1C(=O)N1CCC(F)(C(=O)O)C1. The number of carboxylic acids is 1. The molecule has 1 fully saturated rings. The van der Waals surface area contributed by atoms with Crippen LogP contribution in [-0.4, -0.2) is 55.3 Å². The molecule has 1 amide bonds. The van der Waals surface area contributed by atoms with Crippen molar-refractivity contribution in [1.29, 1.82) is 0 Å². The summed E-state index contributed by atoms with van der Waals surface area (Å²) in [6, 6.07) is 2.85. The topological polar surface area (TPSA) is 104 Å². The first-order valence-corrected chi connectivity index (χ1v) is 8.40. The zero-order valence-corrected chi connectivity index (χ0v) is 12.9. The highest BCUT2D eigenvalue weighted by molar-refractivity contribution is 7.92. The zero-order chi connectivity index (χ0) is 17.4. The van der Waals surface area contributed by atoms with Gasteiger partial charge in [-0.05, 0) is 18.2 Å². The summed E-state index contributed by atoms with van der Waals surface area (Å²) in [5, 5.41) is 8.83. The number of likely N-dealkylation sites (tertiary alicyclic amines) is 1. The molecule has 2 rings (SSSR count). The smallest absolute Gasteiger partial charge is 0.343 e. The summed E-state index contributed by atoms with van der Waals surface area (Å²) in [6.45, 7) is -0.855. The number of benzene rings is 1. The van der Waals surface area contributed by atoms with Crippen LogP contribution in [0, 0.1) is 5.82 Å². The van der Waals surface area contributed by atoms with Gasteiger partial charge in [-0.25, -0.2) is 22.0 Å². The Balaban J connectivity index is 2.33. The molecule has 10 heteroatoms. The number of alkyl halides is 1. The first kappa shape index (κ1) is 17.1. The summed E-state index contributed by atoms with van der Waals surface area (Å²) in [6.07, 6.45) is 0.468. The number of hydrogen-bond donors (Lipinski definition) is 2. The third kappa shape index (κ3) is 3.76. The Kier molecular flexibility index (Phi) is 4.29. The summed E-state index contributed by atoms with van der Waals surface area (Å²) >= 11 is 0. The van der Waals surface area contributed by atoms with E-state index in [-0.39, 0.29) is 17.8 Å². The minimum absolute atomic E-state index is 0.161. The molecule has 0 aliphatic carbocycles. The number of halogens is 2. The van der Waals surface area contributed by atoms with Crippen molar-refractivity contribution in [2.45, 2.75) is 12.1 Å². The Morgan fingerprint density at radius 2 is 2.04 bits per heavy atom. The van der Waals surface area contributed by atoms with Crippen LogP contribution in [0.15, 0.2) is 18.2 Å². The van der Waals surface area contributed by atoms with Crippen molar-refractivity contribution in [3.05, 3.63) is 29.6 Å². The van der Waals surface area contributed by atoms with Crippen molar-refractivity contribution in [2.24, 2.45) is 0 Å². The van der Waals surface area contributed by atoms with E-state index in [4.69, 9.17) is 5.11 Å². The first-order valence-electron chi connectivity index (χ1n) is 6.51. The van der Waals surface area contributed by atoms with Gasteiger partial charge in [0.15, 0.2) is 0 Å². The van der Waals surface area contributed by atoms with Crippen molar-refractivity contribution in [3.8, 4) is 0 Å². The van der Waals surface area contributed by atoms with Crippen molar-refractivity contribution in [3.63, 3.8) is 0 Å². The highest BCUT2D eigenvalue weighted by Gasteiger charge is 2.47. The van der Waals surface area contributed by atoms with E-state index in [2.05, 4.69) is 4.72 Å². The van der Waals surface area contributed by atoms with E-state index in [0.29, 0.717) is 0 Å². The molecule has 126 valence electrons. The molecule has 1 aliphatic rings. The van der Waals surface area contributed by atoms with Crippen LogP contribution in [0.3, 0.4) is 0 Å². The van der Waals surface area contributed by atoms with Gasteiger partial charge in [-0.1, -0.05) is 0 Å². The Morgan fingerprint density at radius 3 is 2.57 bits per heavy atom. The quantitative estimate of drug-likeness (QED) is 0.839. The van der Waals surface area contributed by atoms with Crippen LogP contribution < -0.4 is 4.72 Å². The van der Waals surface area contributed by atoms with Gasteiger partial charge in [0.25, 0.3) is 5.91 Å². The number of amides is 1. The van der Waals surface area contributed by atoms with Crippen molar-refractivity contribution < 1.29 is 31.9 Å². The number of carboxylic acid groups (broad SMARTS) is 1. The first-order chi connectivity index (χ1) is 10.5. The monoisotopic (exact) mass is 348 g/mol. The number of rotatable bonds is 4. The lowest BCUT2D eigenvalue weighted by molar-refractivity contribution is -0.149. The summed E-state index contributed by atoms with van der Waals surface area (Å²) in [5.74, 6) is -3.31. The van der Waals surface area contributed by atoms with Crippen LogP contribution in [0.5, 0.6) is 0 Å². The third-order valence-electron chi connectivity index (χ3n) is 3.40. The van der Waals surface area contributed by atoms with Crippen LogP contribution >= 0.6 is 0 Å². The predicted octanol–water partition coefficient (Wildman–Crippen LogP) is 0.836. The number of sulfonamides is 1. The molecule has 1 heterocycles. The molecule has 0 radical (unpaired) electrons. The molecule has 1 aromatic rings. The second kappa shape index (κ2) is 5.76. The molecule has 1 aliphatic heterocycles. The highest BCUT2D eigenvalue weighted by atomic mass is 32.2. The second-order valence-electron chi connectivity index (χ2n) is 5.31. The molecular weight excluding hydrogens is 334 g/mol. The zero-order valence-electron chi connectivity index (χ0n) is 12.0. The van der Waals surface area contributed by atoms with Gasteiger partial charge >= 0.3 is 5.97 Å². The molecule has 7 nitrogen and oxygen atoms in total. The average Bonchev–Trinajstić information content (AvgIpc) is 2.83. The molecule has 0 saturated carbocycles. The Hall–Kier alpha value is -2.23. The van der Waals surface area contributed by atoms with Crippen LogP contribution in [0.25, 0.3) is 0 Å². The van der Waals surface area contributed by atoms with E-state index in [1.807, 2.05) is 0 Å². The van der Waals surface area contributed by atoms with Gasteiger partial charge in [-0.3, -0.25) is 9.52 Å². The molecule has 1 unspecified atom stereocenters. The molecule has 0 spiro atoms. The van der Waals surface area contributed by atoms with E-state index < -0.39 is 46.4 Å². The van der Waals surface area contributed by atoms with Crippen molar-refractivity contribution in [2.75, 3.05) is 24.1 Å². The molecule has 1 aromatic carbocycles. The van der Waals surface area contributed by atoms with Crippen LogP contribution in [-0.2, 0) is 14.8 Å². The molecular formula is C13H14F2N2O5S. The largest absolute Gasteiger partial charge is 0.479 e. The van der Waals surface area contributed by atoms with Crippen LogP contribution in [0.2, 0.25) is 0 Å². The lowest BCUT2D eigenvalue weighted by Crippen LogP contribution is -2.39. The highest BCUT2D eigenvalue weighted by Crippen LogP contribution is 2.29. The normalized spacial score (nSPS) is 21.3. The minimum Gasteiger partial charge on any atom is -0.479 e. The number of carbonyl (C=O) groups is 2. The van der Waals surface area contributed by atoms with Gasteiger partial charge < -0.3 is 10.0 Å². The maximum absolute atomic E-state index is 14.0. The van der Waals surface area contributed by atoms with E-state index in [1.54, 1.807) is 0 Å².